The fraction of sp³-hybridized carbons (Fsp3) is 0.857. The van der Waals surface area contributed by atoms with Gasteiger partial charge in [0.05, 0.1) is 11.2 Å². The van der Waals surface area contributed by atoms with Crippen LogP contribution in [0.3, 0.4) is 0 Å². The second-order valence-corrected chi connectivity index (χ2v) is 6.65. The van der Waals surface area contributed by atoms with Crippen LogP contribution in [0.15, 0.2) is 11.3 Å². The Kier molecular flexibility index (Phi) is 4.10. The van der Waals surface area contributed by atoms with Crippen LogP contribution >= 0.6 is 0 Å². The lowest BCUT2D eigenvalue weighted by Crippen LogP contribution is -2.41. The Balaban J connectivity index is 2.21. The van der Waals surface area contributed by atoms with Crippen LogP contribution in [0, 0.1) is 5.92 Å². The number of halogens is 1. The third-order valence-electron chi connectivity index (χ3n) is 4.83. The zero-order chi connectivity index (χ0) is 14.3. The summed E-state index contributed by atoms with van der Waals surface area (Å²) in [5.41, 5.74) is 5.12. The van der Waals surface area contributed by atoms with Crippen molar-refractivity contribution < 1.29 is 13.7 Å². The van der Waals surface area contributed by atoms with Gasteiger partial charge in [-0.25, -0.2) is 4.39 Å². The molecule has 3 nitrogen and oxygen atoms in total. The molecule has 0 bridgehead atoms. The summed E-state index contributed by atoms with van der Waals surface area (Å²) in [4.78, 5) is 0. The summed E-state index contributed by atoms with van der Waals surface area (Å²) in [6.07, 6.45) is 4.37. The highest BCUT2D eigenvalue weighted by Gasteiger charge is 2.53. The molecule has 0 unspecified atom stereocenters. The second-order valence-electron chi connectivity index (χ2n) is 6.65. The summed E-state index contributed by atoms with van der Waals surface area (Å²) in [5.74, 6) is 0.268. The Bertz CT molecular complexity index is 360. The van der Waals surface area contributed by atoms with E-state index in [0.29, 0.717) is 5.57 Å². The van der Waals surface area contributed by atoms with E-state index in [4.69, 9.17) is 15.0 Å². The predicted octanol–water partition coefficient (Wildman–Crippen LogP) is 2.99. The fourth-order valence-electron chi connectivity index (χ4n) is 2.83. The second kappa shape index (κ2) is 5.19. The van der Waals surface area contributed by atoms with Crippen molar-refractivity contribution in [3.8, 4) is 0 Å². The summed E-state index contributed by atoms with van der Waals surface area (Å²) in [7, 11) is -0.899. The Morgan fingerprint density at radius 3 is 2.05 bits per heavy atom. The zero-order valence-corrected chi connectivity index (χ0v) is 12.5. The van der Waals surface area contributed by atoms with Gasteiger partial charge >= 0.3 is 7.12 Å². The molecular weight excluding hydrogens is 244 g/mol. The van der Waals surface area contributed by atoms with Crippen molar-refractivity contribution in [2.45, 2.75) is 64.6 Å². The molecule has 2 fully saturated rings. The van der Waals surface area contributed by atoms with Crippen LogP contribution in [0.4, 0.5) is 4.39 Å². The Morgan fingerprint density at radius 1 is 1.16 bits per heavy atom. The first-order valence-corrected chi connectivity index (χ1v) is 7.22. The lowest BCUT2D eigenvalue weighted by molar-refractivity contribution is 0.00578. The van der Waals surface area contributed by atoms with Crippen molar-refractivity contribution >= 4 is 7.12 Å². The molecule has 0 aromatic heterocycles. The maximum Gasteiger partial charge on any atom is 0.525 e. The normalized spacial score (nSPS) is 27.8. The summed E-state index contributed by atoms with van der Waals surface area (Å²) in [6.45, 7) is 7.96. The summed E-state index contributed by atoms with van der Waals surface area (Å²) in [6, 6.07) is 0. The SMILES string of the molecule is CC1(C)OB(C(F)=C(CN)C2CCCC2)OC1(C)C. The van der Waals surface area contributed by atoms with Gasteiger partial charge < -0.3 is 15.0 Å². The van der Waals surface area contributed by atoms with E-state index in [1.807, 2.05) is 27.7 Å². The molecule has 19 heavy (non-hydrogen) atoms. The Hall–Kier alpha value is -0.385. The van der Waals surface area contributed by atoms with Crippen molar-refractivity contribution in [3.63, 3.8) is 0 Å². The van der Waals surface area contributed by atoms with Gasteiger partial charge in [-0.3, -0.25) is 0 Å². The van der Waals surface area contributed by atoms with Crippen LogP contribution in [0.1, 0.15) is 53.4 Å². The molecule has 0 spiro atoms. The molecule has 2 N–H and O–H groups in total. The summed E-state index contributed by atoms with van der Waals surface area (Å²) < 4.78 is 26.2. The van der Waals surface area contributed by atoms with E-state index in [1.165, 1.54) is 0 Å². The summed E-state index contributed by atoms with van der Waals surface area (Å²) in [5, 5.41) is 0. The molecule has 1 heterocycles. The van der Waals surface area contributed by atoms with Crippen molar-refractivity contribution in [3.05, 3.63) is 11.3 Å². The average Bonchev–Trinajstić information content (AvgIpc) is 2.87. The zero-order valence-electron chi connectivity index (χ0n) is 12.5. The summed E-state index contributed by atoms with van der Waals surface area (Å²) >= 11 is 0. The number of hydrogen-bond acceptors (Lipinski definition) is 3. The van der Waals surface area contributed by atoms with Crippen LogP contribution in [-0.4, -0.2) is 24.9 Å². The predicted molar refractivity (Wildman–Crippen MR) is 75.2 cm³/mol. The molecule has 0 aromatic rings. The van der Waals surface area contributed by atoms with E-state index in [9.17, 15) is 4.39 Å². The smallest absolute Gasteiger partial charge is 0.398 e. The molecule has 5 heteroatoms. The number of rotatable bonds is 3. The molecule has 0 atom stereocenters. The van der Waals surface area contributed by atoms with Gasteiger partial charge in [0.2, 0.25) is 0 Å². The molecule has 1 aliphatic carbocycles. The lowest BCUT2D eigenvalue weighted by Gasteiger charge is -2.32. The van der Waals surface area contributed by atoms with Crippen molar-refractivity contribution in [1.29, 1.82) is 0 Å². The molecule has 1 saturated heterocycles. The number of hydrogen-bond donors (Lipinski definition) is 1. The first-order valence-electron chi connectivity index (χ1n) is 7.22. The molecule has 2 rings (SSSR count). The van der Waals surface area contributed by atoms with E-state index in [-0.39, 0.29) is 18.2 Å². The largest absolute Gasteiger partial charge is 0.525 e. The van der Waals surface area contributed by atoms with Crippen LogP contribution in [0.25, 0.3) is 0 Å². The highest BCUT2D eigenvalue weighted by molar-refractivity contribution is 6.53. The van der Waals surface area contributed by atoms with Crippen LogP contribution in [0.2, 0.25) is 0 Å². The van der Waals surface area contributed by atoms with Gasteiger partial charge in [0.1, 0.15) is 5.73 Å². The van der Waals surface area contributed by atoms with Crippen molar-refractivity contribution in [2.75, 3.05) is 6.54 Å². The van der Waals surface area contributed by atoms with Crippen LogP contribution < -0.4 is 5.73 Å². The van der Waals surface area contributed by atoms with E-state index < -0.39 is 18.3 Å². The van der Waals surface area contributed by atoms with Crippen LogP contribution in [0.5, 0.6) is 0 Å². The van der Waals surface area contributed by atoms with Gasteiger partial charge in [-0.05, 0) is 52.0 Å². The van der Waals surface area contributed by atoms with Gasteiger partial charge in [0.25, 0.3) is 0 Å². The third-order valence-corrected chi connectivity index (χ3v) is 4.83. The quantitative estimate of drug-likeness (QED) is 0.801. The maximum atomic E-state index is 14.7. The highest BCUT2D eigenvalue weighted by Crippen LogP contribution is 2.41. The first kappa shape index (κ1) is 15.0. The minimum atomic E-state index is -0.899. The standard InChI is InChI=1S/C14H25BFNO2/c1-13(2)14(3,4)19-15(18-13)12(16)11(9-17)10-7-5-6-8-10/h10H,5-9,17H2,1-4H3. The molecule has 1 aliphatic heterocycles. The monoisotopic (exact) mass is 269 g/mol. The molecule has 108 valence electrons. The van der Waals surface area contributed by atoms with Gasteiger partial charge in [-0.2, -0.15) is 0 Å². The van der Waals surface area contributed by atoms with Crippen molar-refractivity contribution in [2.24, 2.45) is 11.7 Å². The molecule has 0 radical (unpaired) electrons. The molecule has 1 saturated carbocycles. The van der Waals surface area contributed by atoms with Gasteiger partial charge in [-0.1, -0.05) is 12.8 Å². The minimum absolute atomic E-state index is 0.251. The van der Waals surface area contributed by atoms with E-state index in [0.717, 1.165) is 25.7 Å². The molecule has 0 amide bonds. The topological polar surface area (TPSA) is 44.5 Å². The van der Waals surface area contributed by atoms with Crippen molar-refractivity contribution in [1.82, 2.24) is 0 Å². The third kappa shape index (κ3) is 2.74. The molecule has 2 aliphatic rings. The Labute approximate surface area is 115 Å². The van der Waals surface area contributed by atoms with Gasteiger partial charge in [0.15, 0.2) is 0 Å². The lowest BCUT2D eigenvalue weighted by atomic mass is 9.80. The van der Waals surface area contributed by atoms with Crippen LogP contribution in [-0.2, 0) is 9.31 Å². The van der Waals surface area contributed by atoms with E-state index >= 15 is 0 Å². The maximum absolute atomic E-state index is 14.7. The Morgan fingerprint density at radius 2 is 1.63 bits per heavy atom. The fourth-order valence-corrected chi connectivity index (χ4v) is 2.83. The average molecular weight is 269 g/mol. The highest BCUT2D eigenvalue weighted by atomic mass is 19.1. The van der Waals surface area contributed by atoms with Gasteiger partial charge in [-0.15, -0.1) is 0 Å². The van der Waals surface area contributed by atoms with E-state index in [2.05, 4.69) is 0 Å². The van der Waals surface area contributed by atoms with E-state index in [1.54, 1.807) is 0 Å². The molecule has 0 aromatic carbocycles. The number of nitrogens with two attached hydrogens (primary N) is 1. The minimum Gasteiger partial charge on any atom is -0.398 e. The first-order chi connectivity index (χ1) is 8.78. The van der Waals surface area contributed by atoms with Gasteiger partial charge in [0, 0.05) is 6.54 Å². The molecular formula is C14H25BFNO2.